The molecule has 0 radical (unpaired) electrons. The van der Waals surface area contributed by atoms with Crippen LogP contribution in [0.2, 0.25) is 0 Å². The number of anilines is 1. The zero-order valence-electron chi connectivity index (χ0n) is 14.3. The first kappa shape index (κ1) is 16.8. The van der Waals surface area contributed by atoms with E-state index >= 15 is 0 Å². The molecule has 1 aliphatic heterocycles. The van der Waals surface area contributed by atoms with Crippen LogP contribution in [0.15, 0.2) is 0 Å². The van der Waals surface area contributed by atoms with Gasteiger partial charge in [-0.25, -0.2) is 4.98 Å². The normalized spacial score (nSPS) is 17.3. The summed E-state index contributed by atoms with van der Waals surface area (Å²) in [7, 11) is 0. The summed E-state index contributed by atoms with van der Waals surface area (Å²) in [6, 6.07) is 0.515. The second kappa shape index (κ2) is 7.10. The van der Waals surface area contributed by atoms with Crippen molar-refractivity contribution >= 4 is 16.5 Å². The fourth-order valence-corrected chi connectivity index (χ4v) is 4.01. The quantitative estimate of drug-likeness (QED) is 0.898. The maximum absolute atomic E-state index is 5.03. The molecule has 21 heavy (non-hydrogen) atoms. The fraction of sp³-hybridized carbons (Fsp3) is 0.824. The van der Waals surface area contributed by atoms with E-state index < -0.39 is 0 Å². The Balaban J connectivity index is 2.22. The Labute approximate surface area is 134 Å². The van der Waals surface area contributed by atoms with E-state index in [0.29, 0.717) is 6.04 Å². The number of nitrogens with one attached hydrogen (secondary N) is 1. The van der Waals surface area contributed by atoms with Crippen molar-refractivity contribution < 1.29 is 0 Å². The molecule has 2 rings (SSSR count). The highest BCUT2D eigenvalue weighted by atomic mass is 32.1. The van der Waals surface area contributed by atoms with Gasteiger partial charge in [0, 0.05) is 36.0 Å². The van der Waals surface area contributed by atoms with Gasteiger partial charge in [-0.2, -0.15) is 0 Å². The van der Waals surface area contributed by atoms with Crippen molar-refractivity contribution in [3.05, 3.63) is 10.6 Å². The van der Waals surface area contributed by atoms with Crippen molar-refractivity contribution in [2.45, 2.75) is 78.3 Å². The Bertz CT molecular complexity index is 437. The molecule has 1 aromatic rings. The summed E-state index contributed by atoms with van der Waals surface area (Å²) in [6.07, 6.45) is 5.36. The molecule has 1 aromatic heterocycles. The van der Waals surface area contributed by atoms with Crippen LogP contribution in [0.1, 0.15) is 70.9 Å². The van der Waals surface area contributed by atoms with Crippen molar-refractivity contribution in [1.29, 1.82) is 0 Å². The third kappa shape index (κ3) is 4.68. The summed E-state index contributed by atoms with van der Waals surface area (Å²) in [5, 5.41) is 4.79. The maximum Gasteiger partial charge on any atom is 0.185 e. The highest BCUT2D eigenvalue weighted by Crippen LogP contribution is 2.34. The van der Waals surface area contributed by atoms with Gasteiger partial charge in [0.1, 0.15) is 0 Å². The molecule has 1 N–H and O–H groups in total. The Morgan fingerprint density at radius 3 is 2.29 bits per heavy atom. The molecule has 1 saturated heterocycles. The van der Waals surface area contributed by atoms with Crippen LogP contribution in [0.4, 0.5) is 5.13 Å². The third-order valence-corrected chi connectivity index (χ3v) is 5.06. The first-order valence-corrected chi connectivity index (χ1v) is 9.18. The minimum atomic E-state index is 0.120. The molecular formula is C17H31N3S. The lowest BCUT2D eigenvalue weighted by molar-refractivity contribution is 0.545. The van der Waals surface area contributed by atoms with E-state index in [1.165, 1.54) is 54.5 Å². The van der Waals surface area contributed by atoms with Gasteiger partial charge < -0.3 is 10.2 Å². The summed E-state index contributed by atoms with van der Waals surface area (Å²) >= 11 is 1.90. The van der Waals surface area contributed by atoms with Gasteiger partial charge in [-0.05, 0) is 12.8 Å². The Hall–Kier alpha value is -0.610. The molecule has 0 aliphatic carbocycles. The predicted octanol–water partition coefficient (Wildman–Crippen LogP) is 4.32. The highest BCUT2D eigenvalue weighted by molar-refractivity contribution is 7.15. The van der Waals surface area contributed by atoms with E-state index in [2.05, 4.69) is 44.8 Å². The van der Waals surface area contributed by atoms with Crippen molar-refractivity contribution in [2.24, 2.45) is 0 Å². The molecule has 0 bridgehead atoms. The van der Waals surface area contributed by atoms with Gasteiger partial charge in [-0.3, -0.25) is 0 Å². The second-order valence-electron chi connectivity index (χ2n) is 7.46. The first-order chi connectivity index (χ1) is 9.88. The molecule has 120 valence electrons. The third-order valence-electron chi connectivity index (χ3n) is 3.94. The lowest BCUT2D eigenvalue weighted by atomic mass is 9.91. The summed E-state index contributed by atoms with van der Waals surface area (Å²) < 4.78 is 0. The average molecular weight is 310 g/mol. The first-order valence-electron chi connectivity index (χ1n) is 8.36. The van der Waals surface area contributed by atoms with E-state index in [1.807, 2.05) is 11.3 Å². The molecule has 4 heteroatoms. The minimum absolute atomic E-state index is 0.120. The summed E-state index contributed by atoms with van der Waals surface area (Å²) in [4.78, 5) is 8.95. The van der Waals surface area contributed by atoms with Gasteiger partial charge in [0.25, 0.3) is 0 Å². The fourth-order valence-electron chi connectivity index (χ4n) is 2.74. The minimum Gasteiger partial charge on any atom is -0.348 e. The van der Waals surface area contributed by atoms with Crippen LogP contribution in [-0.4, -0.2) is 24.1 Å². The lowest BCUT2D eigenvalue weighted by Crippen LogP contribution is -2.24. The monoisotopic (exact) mass is 309 g/mol. The van der Waals surface area contributed by atoms with Crippen LogP contribution in [0.3, 0.4) is 0 Å². The van der Waals surface area contributed by atoms with Crippen molar-refractivity contribution in [3.8, 4) is 0 Å². The van der Waals surface area contributed by atoms with E-state index in [0.717, 1.165) is 6.54 Å². The molecule has 0 unspecified atom stereocenters. The zero-order valence-corrected chi connectivity index (χ0v) is 15.1. The smallest absolute Gasteiger partial charge is 0.185 e. The van der Waals surface area contributed by atoms with Gasteiger partial charge in [0.15, 0.2) is 5.13 Å². The number of rotatable bonds is 4. The van der Waals surface area contributed by atoms with Gasteiger partial charge in [-0.15, -0.1) is 11.3 Å². The number of aromatic nitrogens is 1. The van der Waals surface area contributed by atoms with Gasteiger partial charge in [0.2, 0.25) is 0 Å². The SMILES string of the molecule is CC(C)NCc1sc(N2CCCCCC2)nc1C(C)(C)C. The molecule has 3 nitrogen and oxygen atoms in total. The molecule has 0 amide bonds. The molecule has 0 saturated carbocycles. The molecule has 2 heterocycles. The van der Waals surface area contributed by atoms with Crippen LogP contribution in [0.5, 0.6) is 0 Å². The largest absolute Gasteiger partial charge is 0.348 e. The molecular weight excluding hydrogens is 278 g/mol. The summed E-state index contributed by atoms with van der Waals surface area (Å²) in [5.41, 5.74) is 1.40. The average Bonchev–Trinajstić information content (AvgIpc) is 2.64. The molecule has 1 aliphatic rings. The van der Waals surface area contributed by atoms with Crippen LogP contribution < -0.4 is 10.2 Å². The van der Waals surface area contributed by atoms with Crippen LogP contribution in [0, 0.1) is 0 Å². The highest BCUT2D eigenvalue weighted by Gasteiger charge is 2.25. The van der Waals surface area contributed by atoms with Crippen molar-refractivity contribution in [1.82, 2.24) is 10.3 Å². The van der Waals surface area contributed by atoms with Gasteiger partial charge in [-0.1, -0.05) is 47.5 Å². The molecule has 0 spiro atoms. The number of thiazole rings is 1. The molecule has 1 fully saturated rings. The summed E-state index contributed by atoms with van der Waals surface area (Å²) in [6.45, 7) is 14.5. The Morgan fingerprint density at radius 2 is 1.76 bits per heavy atom. The van der Waals surface area contributed by atoms with Crippen LogP contribution in [0.25, 0.3) is 0 Å². The van der Waals surface area contributed by atoms with Crippen LogP contribution >= 0.6 is 11.3 Å². The van der Waals surface area contributed by atoms with Crippen molar-refractivity contribution in [3.63, 3.8) is 0 Å². The van der Waals surface area contributed by atoms with Gasteiger partial charge >= 0.3 is 0 Å². The second-order valence-corrected chi connectivity index (χ2v) is 8.52. The van der Waals surface area contributed by atoms with E-state index in [1.54, 1.807) is 0 Å². The van der Waals surface area contributed by atoms with E-state index in [9.17, 15) is 0 Å². The summed E-state index contributed by atoms with van der Waals surface area (Å²) in [5.74, 6) is 0. The van der Waals surface area contributed by atoms with Crippen molar-refractivity contribution in [2.75, 3.05) is 18.0 Å². The van der Waals surface area contributed by atoms with E-state index in [4.69, 9.17) is 4.98 Å². The standard InChI is InChI=1S/C17H31N3S/c1-13(2)18-12-14-15(17(3,4)5)19-16(21-14)20-10-8-6-7-9-11-20/h13,18H,6-12H2,1-5H3. The van der Waals surface area contributed by atoms with Crippen LogP contribution in [-0.2, 0) is 12.0 Å². The predicted molar refractivity (Wildman–Crippen MR) is 93.5 cm³/mol. The number of nitrogens with zero attached hydrogens (tertiary/aromatic N) is 2. The topological polar surface area (TPSA) is 28.2 Å². The number of hydrogen-bond donors (Lipinski definition) is 1. The maximum atomic E-state index is 5.03. The lowest BCUT2D eigenvalue weighted by Gasteiger charge is -2.20. The Kier molecular flexibility index (Phi) is 5.67. The number of hydrogen-bond acceptors (Lipinski definition) is 4. The molecule has 0 aromatic carbocycles. The molecule has 0 atom stereocenters. The van der Waals surface area contributed by atoms with Gasteiger partial charge in [0.05, 0.1) is 5.69 Å². The Morgan fingerprint density at radius 1 is 1.14 bits per heavy atom. The zero-order chi connectivity index (χ0) is 15.5. The van der Waals surface area contributed by atoms with E-state index in [-0.39, 0.29) is 5.41 Å².